The van der Waals surface area contributed by atoms with Gasteiger partial charge in [0.25, 0.3) is 0 Å². The smallest absolute Gasteiger partial charge is 0.326 e. The summed E-state index contributed by atoms with van der Waals surface area (Å²) in [6.45, 7) is 3.56. The number of aliphatic carboxylic acids is 1. The number of aromatic nitrogens is 2. The third-order valence-corrected chi connectivity index (χ3v) is 6.16. The van der Waals surface area contributed by atoms with Crippen molar-refractivity contribution in [3.05, 3.63) is 48.0 Å². The van der Waals surface area contributed by atoms with E-state index in [1.165, 1.54) is 24.7 Å². The number of benzene rings is 1. The molecule has 1 heterocycles. The number of guanidine groups is 1. The van der Waals surface area contributed by atoms with Gasteiger partial charge in [-0.25, -0.2) is 9.78 Å². The fraction of sp³-hybridized carbons (Fsp3) is 0.462. The van der Waals surface area contributed by atoms with Gasteiger partial charge >= 0.3 is 5.97 Å². The molecule has 224 valence electrons. The maximum absolute atomic E-state index is 13.5. The summed E-state index contributed by atoms with van der Waals surface area (Å²) in [6, 6.07) is 1.49. The van der Waals surface area contributed by atoms with E-state index in [2.05, 4.69) is 30.9 Å². The second-order valence-electron chi connectivity index (χ2n) is 9.90. The quantitative estimate of drug-likeness (QED) is 0.0635. The molecule has 2 rings (SSSR count). The van der Waals surface area contributed by atoms with Crippen LogP contribution >= 0.6 is 0 Å². The number of H-pyrrole nitrogens is 1. The molecule has 0 aliphatic carbocycles. The number of hydrogen-bond donors (Lipinski definition) is 9. The Morgan fingerprint density at radius 2 is 1.59 bits per heavy atom. The van der Waals surface area contributed by atoms with Gasteiger partial charge in [-0.1, -0.05) is 26.0 Å². The normalized spacial score (nSPS) is 13.9. The third kappa shape index (κ3) is 11.2. The highest BCUT2D eigenvalue weighted by Crippen LogP contribution is 2.13. The number of aliphatic imine (C=N–C) groups is 1. The SMILES string of the molecule is CC(C)C(NC(=O)C(Cc1ccc(O)cc1)NC(=O)C(Cc1cnc[nH]1)NC(=O)C(N)CCCN=C(N)N)C(=O)O. The Bertz CT molecular complexity index is 1180. The number of aromatic hydroxyl groups is 1. The van der Waals surface area contributed by atoms with Gasteiger partial charge in [0, 0.05) is 31.3 Å². The molecule has 0 saturated carbocycles. The summed E-state index contributed by atoms with van der Waals surface area (Å²) in [5, 5.41) is 26.9. The monoisotopic (exact) mass is 573 g/mol. The molecule has 3 amide bonds. The van der Waals surface area contributed by atoms with Crippen LogP contribution in [0.15, 0.2) is 41.8 Å². The van der Waals surface area contributed by atoms with E-state index in [0.29, 0.717) is 17.7 Å². The minimum atomic E-state index is -1.22. The van der Waals surface area contributed by atoms with E-state index in [4.69, 9.17) is 17.2 Å². The van der Waals surface area contributed by atoms with E-state index in [1.807, 2.05) is 0 Å². The van der Waals surface area contributed by atoms with Gasteiger partial charge in [-0.3, -0.25) is 19.4 Å². The van der Waals surface area contributed by atoms with Crippen molar-refractivity contribution in [2.75, 3.05) is 6.54 Å². The van der Waals surface area contributed by atoms with Crippen LogP contribution in [0.1, 0.15) is 37.9 Å². The third-order valence-electron chi connectivity index (χ3n) is 6.16. The number of nitrogens with two attached hydrogens (primary N) is 3. The average Bonchev–Trinajstić information content (AvgIpc) is 3.42. The molecular weight excluding hydrogens is 534 g/mol. The number of amides is 3. The van der Waals surface area contributed by atoms with Crippen LogP contribution < -0.4 is 33.2 Å². The molecule has 12 N–H and O–H groups in total. The molecule has 0 radical (unpaired) electrons. The van der Waals surface area contributed by atoms with Crippen LogP contribution in [0.4, 0.5) is 0 Å². The Kier molecular flexibility index (Phi) is 12.6. The van der Waals surface area contributed by atoms with Crippen LogP contribution in [0, 0.1) is 5.92 Å². The average molecular weight is 574 g/mol. The van der Waals surface area contributed by atoms with Crippen molar-refractivity contribution in [2.45, 2.75) is 63.7 Å². The molecule has 0 fully saturated rings. The van der Waals surface area contributed by atoms with Crippen molar-refractivity contribution in [3.8, 4) is 5.75 Å². The number of nitrogens with one attached hydrogen (secondary N) is 4. The van der Waals surface area contributed by atoms with E-state index in [-0.39, 0.29) is 37.5 Å². The fourth-order valence-corrected chi connectivity index (χ4v) is 3.87. The van der Waals surface area contributed by atoms with Gasteiger partial charge in [-0.2, -0.15) is 0 Å². The maximum Gasteiger partial charge on any atom is 0.326 e. The maximum atomic E-state index is 13.5. The molecule has 0 spiro atoms. The lowest BCUT2D eigenvalue weighted by Crippen LogP contribution is -2.58. The van der Waals surface area contributed by atoms with E-state index in [9.17, 15) is 29.4 Å². The number of aromatic amines is 1. The summed E-state index contributed by atoms with van der Waals surface area (Å²) in [7, 11) is 0. The topological polar surface area (TPSA) is 264 Å². The van der Waals surface area contributed by atoms with Gasteiger partial charge in [0.15, 0.2) is 5.96 Å². The largest absolute Gasteiger partial charge is 0.508 e. The Labute approximate surface area is 237 Å². The van der Waals surface area contributed by atoms with Crippen molar-refractivity contribution < 1.29 is 29.4 Å². The first kappa shape index (κ1) is 32.6. The highest BCUT2D eigenvalue weighted by Gasteiger charge is 2.31. The van der Waals surface area contributed by atoms with Gasteiger partial charge < -0.3 is 48.3 Å². The van der Waals surface area contributed by atoms with Crippen LogP contribution in [0.3, 0.4) is 0 Å². The minimum Gasteiger partial charge on any atom is -0.508 e. The number of carbonyl (C=O) groups excluding carboxylic acids is 3. The molecule has 4 atom stereocenters. The van der Waals surface area contributed by atoms with E-state index in [0.717, 1.165) is 0 Å². The summed E-state index contributed by atoms with van der Waals surface area (Å²) in [4.78, 5) is 61.9. The lowest BCUT2D eigenvalue weighted by Gasteiger charge is -2.26. The van der Waals surface area contributed by atoms with E-state index in [1.54, 1.807) is 26.0 Å². The second-order valence-corrected chi connectivity index (χ2v) is 9.90. The first-order valence-electron chi connectivity index (χ1n) is 13.1. The number of hydrogen-bond acceptors (Lipinski definition) is 8. The van der Waals surface area contributed by atoms with Gasteiger partial charge in [-0.15, -0.1) is 0 Å². The van der Waals surface area contributed by atoms with Crippen LogP contribution in [0.25, 0.3) is 0 Å². The first-order chi connectivity index (χ1) is 19.4. The summed E-state index contributed by atoms with van der Waals surface area (Å²) < 4.78 is 0. The number of carbonyl (C=O) groups is 4. The first-order valence-corrected chi connectivity index (χ1v) is 13.1. The number of phenols is 1. The number of carboxylic acid groups (broad SMARTS) is 1. The van der Waals surface area contributed by atoms with E-state index < -0.39 is 53.8 Å². The number of rotatable bonds is 16. The van der Waals surface area contributed by atoms with Gasteiger partial charge in [-0.05, 0) is 36.5 Å². The van der Waals surface area contributed by atoms with Crippen molar-refractivity contribution in [1.29, 1.82) is 0 Å². The summed E-state index contributed by atoms with van der Waals surface area (Å²) in [5.41, 5.74) is 17.8. The van der Waals surface area contributed by atoms with Crippen LogP contribution in [0.5, 0.6) is 5.75 Å². The summed E-state index contributed by atoms with van der Waals surface area (Å²) >= 11 is 0. The highest BCUT2D eigenvalue weighted by atomic mass is 16.4. The number of phenolic OH excluding ortho intramolecular Hbond substituents is 1. The van der Waals surface area contributed by atoms with Crippen molar-refractivity contribution in [2.24, 2.45) is 28.1 Å². The zero-order chi connectivity index (χ0) is 30.5. The Hall–Kier alpha value is -4.66. The number of carboxylic acids is 1. The summed E-state index contributed by atoms with van der Waals surface area (Å²) in [6.07, 6.45) is 3.58. The molecule has 41 heavy (non-hydrogen) atoms. The highest BCUT2D eigenvalue weighted by molar-refractivity contribution is 5.94. The fourth-order valence-electron chi connectivity index (χ4n) is 3.87. The van der Waals surface area contributed by atoms with Crippen molar-refractivity contribution in [3.63, 3.8) is 0 Å². The van der Waals surface area contributed by atoms with E-state index >= 15 is 0 Å². The summed E-state index contributed by atoms with van der Waals surface area (Å²) in [5.74, 6) is -3.73. The predicted octanol–water partition coefficient (Wildman–Crippen LogP) is -1.52. The number of imidazole rings is 1. The van der Waals surface area contributed by atoms with Crippen molar-refractivity contribution >= 4 is 29.7 Å². The standard InChI is InChI=1S/C26H39N9O6/c1-14(2)21(25(40)41)35-24(39)19(10-15-5-7-17(36)8-6-15)34-23(38)20(11-16-12-30-13-32-16)33-22(37)18(27)4-3-9-31-26(28)29/h5-8,12-14,18-21,36H,3-4,9-11,27H2,1-2H3,(H,30,32)(H,33,37)(H,34,38)(H,35,39)(H,40,41)(H4,28,29,31). The molecule has 2 aromatic rings. The van der Waals surface area contributed by atoms with Crippen molar-refractivity contribution in [1.82, 2.24) is 25.9 Å². The van der Waals surface area contributed by atoms with Gasteiger partial charge in [0.05, 0.1) is 12.4 Å². The van der Waals surface area contributed by atoms with Gasteiger partial charge in [0.1, 0.15) is 23.9 Å². The molecule has 1 aromatic heterocycles. The Morgan fingerprint density at radius 1 is 0.976 bits per heavy atom. The molecule has 15 nitrogen and oxygen atoms in total. The molecule has 1 aromatic carbocycles. The molecule has 0 aliphatic heterocycles. The second kappa shape index (κ2) is 15.8. The lowest BCUT2D eigenvalue weighted by molar-refractivity contribution is -0.143. The molecule has 0 bridgehead atoms. The molecule has 0 aliphatic rings. The zero-order valence-electron chi connectivity index (χ0n) is 23.0. The molecule has 4 unspecified atom stereocenters. The van der Waals surface area contributed by atoms with Crippen LogP contribution in [0.2, 0.25) is 0 Å². The molecule has 0 saturated heterocycles. The lowest BCUT2D eigenvalue weighted by atomic mass is 10.0. The minimum absolute atomic E-state index is 0.00951. The van der Waals surface area contributed by atoms with Crippen LogP contribution in [-0.4, -0.2) is 80.5 Å². The van der Waals surface area contributed by atoms with Crippen LogP contribution in [-0.2, 0) is 32.0 Å². The predicted molar refractivity (Wildman–Crippen MR) is 150 cm³/mol. The molecule has 15 heteroatoms. The molecular formula is C26H39N9O6. The Balaban J connectivity index is 2.24. The Morgan fingerprint density at radius 3 is 2.15 bits per heavy atom. The van der Waals surface area contributed by atoms with Gasteiger partial charge in [0.2, 0.25) is 17.7 Å². The number of nitrogens with zero attached hydrogens (tertiary/aromatic N) is 2. The zero-order valence-corrected chi connectivity index (χ0v) is 23.0.